The van der Waals surface area contributed by atoms with E-state index in [9.17, 15) is 10.2 Å². The van der Waals surface area contributed by atoms with Gasteiger partial charge >= 0.3 is 0 Å². The summed E-state index contributed by atoms with van der Waals surface area (Å²) in [6.45, 7) is 14.1. The first-order valence-corrected chi connectivity index (χ1v) is 12.5. The molecule has 30 heavy (non-hydrogen) atoms. The molecule has 1 unspecified atom stereocenters. The summed E-state index contributed by atoms with van der Waals surface area (Å²) in [7, 11) is 0. The van der Waals surface area contributed by atoms with Crippen LogP contribution in [0.1, 0.15) is 86.5 Å². The zero-order valence-corrected chi connectivity index (χ0v) is 20.1. The van der Waals surface area contributed by atoms with Gasteiger partial charge in [0, 0.05) is 5.41 Å². The van der Waals surface area contributed by atoms with Crippen LogP contribution in [-0.4, -0.2) is 22.4 Å². The lowest BCUT2D eigenvalue weighted by Gasteiger charge is -2.53. The van der Waals surface area contributed by atoms with Gasteiger partial charge in [0.05, 0.1) is 12.2 Å². The third kappa shape index (κ3) is 3.47. The van der Waals surface area contributed by atoms with Gasteiger partial charge in [-0.1, -0.05) is 70.9 Å². The standard InChI is InChI=1S/C28H44O2/c1-17(2)18(3)7-8-19(4)23-11-12-24-22-10-9-20-15-21(29)13-14-27(20,5)26(22)25(30)16-28(23,24)6/h7-9,17-19,21,23-25,29-30H,10-16H2,1-6H3/b8-7+/t18-,19+,21-,23+,24-,25?,27-,28+/m0/s1. The molecule has 0 aromatic carbocycles. The fourth-order valence-electron chi connectivity index (χ4n) is 7.64. The Morgan fingerprint density at radius 3 is 2.47 bits per heavy atom. The SMILES string of the molecule is CC(C)[C@@H](C)/C=C/[C@@H](C)[C@H]1CC[C@H]2C3=C(C(O)C[C@]12C)[C@@]1(C)CC[C@H](O)CC1=CC3. The van der Waals surface area contributed by atoms with E-state index < -0.39 is 0 Å². The van der Waals surface area contributed by atoms with Crippen LogP contribution in [-0.2, 0) is 0 Å². The fraction of sp³-hybridized carbons (Fsp3) is 0.786. The molecule has 2 saturated carbocycles. The van der Waals surface area contributed by atoms with E-state index in [4.69, 9.17) is 0 Å². The number of fused-ring (bicyclic) bond motifs is 4. The van der Waals surface area contributed by atoms with E-state index in [1.165, 1.54) is 24.0 Å². The Balaban J connectivity index is 1.62. The van der Waals surface area contributed by atoms with Crippen molar-refractivity contribution in [3.63, 3.8) is 0 Å². The van der Waals surface area contributed by atoms with E-state index in [2.05, 4.69) is 59.8 Å². The van der Waals surface area contributed by atoms with Crippen LogP contribution in [0.2, 0.25) is 0 Å². The van der Waals surface area contributed by atoms with Crippen molar-refractivity contribution in [1.29, 1.82) is 0 Å². The molecule has 2 N–H and O–H groups in total. The molecule has 2 fully saturated rings. The van der Waals surface area contributed by atoms with Crippen molar-refractivity contribution in [3.8, 4) is 0 Å². The minimum absolute atomic E-state index is 0.0239. The highest BCUT2D eigenvalue weighted by atomic mass is 16.3. The number of allylic oxidation sites excluding steroid dienone is 4. The average Bonchev–Trinajstić information content (AvgIpc) is 3.02. The largest absolute Gasteiger partial charge is 0.393 e. The molecule has 4 aliphatic carbocycles. The van der Waals surface area contributed by atoms with Crippen LogP contribution in [0.5, 0.6) is 0 Å². The minimum atomic E-state index is -0.323. The maximum Gasteiger partial charge on any atom is 0.0766 e. The van der Waals surface area contributed by atoms with Gasteiger partial charge in [-0.15, -0.1) is 0 Å². The Labute approximate surface area is 184 Å². The van der Waals surface area contributed by atoms with E-state index in [0.717, 1.165) is 32.1 Å². The molecule has 4 aliphatic rings. The first-order valence-electron chi connectivity index (χ1n) is 12.5. The highest BCUT2D eigenvalue weighted by Crippen LogP contribution is 2.64. The van der Waals surface area contributed by atoms with Gasteiger partial charge in [0.15, 0.2) is 0 Å². The van der Waals surface area contributed by atoms with Crippen LogP contribution >= 0.6 is 0 Å². The summed E-state index contributed by atoms with van der Waals surface area (Å²) in [4.78, 5) is 0. The zero-order valence-electron chi connectivity index (χ0n) is 20.1. The minimum Gasteiger partial charge on any atom is -0.393 e. The Kier molecular flexibility index (Phi) is 5.90. The van der Waals surface area contributed by atoms with Crippen LogP contribution < -0.4 is 0 Å². The van der Waals surface area contributed by atoms with Crippen molar-refractivity contribution < 1.29 is 10.2 Å². The summed E-state index contributed by atoms with van der Waals surface area (Å²) in [6.07, 6.45) is 13.9. The molecule has 0 saturated heterocycles. The number of hydrogen-bond donors (Lipinski definition) is 2. The zero-order chi connectivity index (χ0) is 21.8. The van der Waals surface area contributed by atoms with Crippen LogP contribution in [0, 0.1) is 40.4 Å². The molecule has 0 spiro atoms. The second-order valence-corrected chi connectivity index (χ2v) is 11.9. The topological polar surface area (TPSA) is 40.5 Å². The van der Waals surface area contributed by atoms with Crippen LogP contribution in [0.15, 0.2) is 34.9 Å². The van der Waals surface area contributed by atoms with Crippen molar-refractivity contribution >= 4 is 0 Å². The Hall–Kier alpha value is -0.860. The van der Waals surface area contributed by atoms with E-state index in [1.54, 1.807) is 5.57 Å². The van der Waals surface area contributed by atoms with Gasteiger partial charge < -0.3 is 10.2 Å². The molecule has 0 amide bonds. The Morgan fingerprint density at radius 2 is 1.77 bits per heavy atom. The van der Waals surface area contributed by atoms with Crippen LogP contribution in [0.25, 0.3) is 0 Å². The van der Waals surface area contributed by atoms with Crippen molar-refractivity contribution in [2.45, 2.75) is 98.7 Å². The van der Waals surface area contributed by atoms with Gasteiger partial charge in [0.25, 0.3) is 0 Å². The van der Waals surface area contributed by atoms with Gasteiger partial charge in [0.1, 0.15) is 0 Å². The molecule has 0 aromatic heterocycles. The lowest BCUT2D eigenvalue weighted by atomic mass is 9.52. The van der Waals surface area contributed by atoms with Gasteiger partial charge in [-0.3, -0.25) is 0 Å². The lowest BCUT2D eigenvalue weighted by Crippen LogP contribution is -2.47. The normalized spacial score (nSPS) is 43.3. The second kappa shape index (κ2) is 7.93. The van der Waals surface area contributed by atoms with Crippen molar-refractivity contribution in [2.24, 2.45) is 40.4 Å². The molecule has 2 nitrogen and oxygen atoms in total. The number of aliphatic hydroxyl groups excluding tert-OH is 2. The Morgan fingerprint density at radius 1 is 1.03 bits per heavy atom. The monoisotopic (exact) mass is 412 g/mol. The summed E-state index contributed by atoms with van der Waals surface area (Å²) in [5.41, 5.74) is 4.47. The van der Waals surface area contributed by atoms with Crippen molar-refractivity contribution in [2.75, 3.05) is 0 Å². The fourth-order valence-corrected chi connectivity index (χ4v) is 7.64. The van der Waals surface area contributed by atoms with Crippen molar-refractivity contribution in [3.05, 3.63) is 34.9 Å². The first-order chi connectivity index (χ1) is 14.1. The molecule has 168 valence electrons. The molecule has 4 rings (SSSR count). The summed E-state index contributed by atoms with van der Waals surface area (Å²) in [5, 5.41) is 21.7. The molecular weight excluding hydrogens is 368 g/mol. The predicted octanol–water partition coefficient (Wildman–Crippen LogP) is 6.45. The summed E-state index contributed by atoms with van der Waals surface area (Å²) >= 11 is 0. The molecule has 8 atom stereocenters. The maximum absolute atomic E-state index is 11.5. The summed E-state index contributed by atoms with van der Waals surface area (Å²) < 4.78 is 0. The number of aliphatic hydroxyl groups is 2. The van der Waals surface area contributed by atoms with Crippen LogP contribution in [0.4, 0.5) is 0 Å². The molecule has 2 heteroatoms. The molecule has 0 bridgehead atoms. The Bertz CT molecular complexity index is 759. The second-order valence-electron chi connectivity index (χ2n) is 11.9. The average molecular weight is 413 g/mol. The molecule has 0 aromatic rings. The van der Waals surface area contributed by atoms with Gasteiger partial charge in [0.2, 0.25) is 0 Å². The quantitative estimate of drug-likeness (QED) is 0.521. The van der Waals surface area contributed by atoms with E-state index in [-0.39, 0.29) is 23.0 Å². The van der Waals surface area contributed by atoms with E-state index in [1.807, 2.05) is 0 Å². The van der Waals surface area contributed by atoms with Crippen LogP contribution in [0.3, 0.4) is 0 Å². The lowest BCUT2D eigenvalue weighted by molar-refractivity contribution is 0.0304. The van der Waals surface area contributed by atoms with Crippen molar-refractivity contribution in [1.82, 2.24) is 0 Å². The molecule has 0 radical (unpaired) electrons. The van der Waals surface area contributed by atoms with E-state index in [0.29, 0.717) is 29.6 Å². The smallest absolute Gasteiger partial charge is 0.0766 e. The summed E-state index contributed by atoms with van der Waals surface area (Å²) in [6, 6.07) is 0. The molecular formula is C28H44O2. The predicted molar refractivity (Wildman–Crippen MR) is 125 cm³/mol. The van der Waals surface area contributed by atoms with Gasteiger partial charge in [-0.05, 0) is 85.5 Å². The van der Waals surface area contributed by atoms with E-state index >= 15 is 0 Å². The third-order valence-corrected chi connectivity index (χ3v) is 9.85. The first kappa shape index (κ1) is 22.3. The highest BCUT2D eigenvalue weighted by molar-refractivity contribution is 5.45. The molecule has 0 aliphatic heterocycles. The highest BCUT2D eigenvalue weighted by Gasteiger charge is 2.56. The summed E-state index contributed by atoms with van der Waals surface area (Å²) in [5.74, 6) is 3.12. The molecule has 0 heterocycles. The number of hydrogen-bond acceptors (Lipinski definition) is 2. The number of rotatable bonds is 4. The third-order valence-electron chi connectivity index (χ3n) is 9.85. The van der Waals surface area contributed by atoms with Gasteiger partial charge in [-0.2, -0.15) is 0 Å². The maximum atomic E-state index is 11.5. The van der Waals surface area contributed by atoms with Gasteiger partial charge in [-0.25, -0.2) is 0 Å².